The molecule has 1 aromatic heterocycles. The van der Waals surface area contributed by atoms with Crippen LogP contribution >= 0.6 is 0 Å². The van der Waals surface area contributed by atoms with Crippen LogP contribution in [0, 0.1) is 11.3 Å². The van der Waals surface area contributed by atoms with E-state index in [4.69, 9.17) is 5.73 Å². The number of hydrogen-bond donors (Lipinski definition) is 3. The number of H-pyrrole nitrogens is 1. The van der Waals surface area contributed by atoms with E-state index >= 15 is 0 Å². The SMILES string of the molecule is NCc1ccc2c(C(=O)NC=C3C[C@]34CN3CCC35CCCC[C@H]54)n[nH]c2c1. The van der Waals surface area contributed by atoms with Crippen LogP contribution in [0.4, 0.5) is 0 Å². The quantitative estimate of drug-likeness (QED) is 0.767. The molecule has 6 nitrogen and oxygen atoms in total. The van der Waals surface area contributed by atoms with Crippen molar-refractivity contribution in [1.82, 2.24) is 20.4 Å². The van der Waals surface area contributed by atoms with Crippen molar-refractivity contribution in [3.8, 4) is 0 Å². The third-order valence-corrected chi connectivity index (χ3v) is 8.06. The van der Waals surface area contributed by atoms with Gasteiger partial charge in [0.1, 0.15) is 0 Å². The molecule has 2 aromatic rings. The van der Waals surface area contributed by atoms with Crippen molar-refractivity contribution in [2.45, 2.75) is 50.6 Å². The zero-order chi connectivity index (χ0) is 18.9. The number of carbonyl (C=O) groups excluding carboxylic acids is 1. The Morgan fingerprint density at radius 1 is 1.39 bits per heavy atom. The van der Waals surface area contributed by atoms with Crippen molar-refractivity contribution in [2.24, 2.45) is 17.1 Å². The van der Waals surface area contributed by atoms with Crippen LogP contribution in [0.1, 0.15) is 54.6 Å². The smallest absolute Gasteiger partial charge is 0.276 e. The van der Waals surface area contributed by atoms with E-state index in [-0.39, 0.29) is 5.91 Å². The number of rotatable bonds is 3. The molecule has 0 bridgehead atoms. The minimum atomic E-state index is -0.138. The van der Waals surface area contributed by atoms with E-state index in [1.54, 1.807) is 0 Å². The second-order valence-corrected chi connectivity index (χ2v) is 9.21. The second kappa shape index (κ2) is 5.67. The van der Waals surface area contributed by atoms with E-state index in [9.17, 15) is 4.79 Å². The summed E-state index contributed by atoms with van der Waals surface area (Å²) in [6.07, 6.45) is 10.0. The van der Waals surface area contributed by atoms with Gasteiger partial charge in [-0.25, -0.2) is 0 Å². The molecule has 4 aliphatic rings. The van der Waals surface area contributed by atoms with Gasteiger partial charge in [0, 0.05) is 42.2 Å². The first-order valence-corrected chi connectivity index (χ1v) is 10.6. The molecule has 3 heterocycles. The normalized spacial score (nSPS) is 35.0. The molecule has 4 N–H and O–H groups in total. The fraction of sp³-hybridized carbons (Fsp3) is 0.545. The maximum absolute atomic E-state index is 12.8. The Balaban J connectivity index is 1.22. The second-order valence-electron chi connectivity index (χ2n) is 9.21. The number of nitrogens with one attached hydrogen (secondary N) is 2. The molecule has 6 heteroatoms. The highest BCUT2D eigenvalue weighted by Crippen LogP contribution is 2.71. The van der Waals surface area contributed by atoms with Crippen LogP contribution < -0.4 is 11.1 Å². The zero-order valence-corrected chi connectivity index (χ0v) is 16.1. The van der Waals surface area contributed by atoms with Crippen molar-refractivity contribution in [1.29, 1.82) is 0 Å². The van der Waals surface area contributed by atoms with E-state index in [0.29, 0.717) is 23.2 Å². The van der Waals surface area contributed by atoms with Crippen LogP contribution in [0.5, 0.6) is 0 Å². The van der Waals surface area contributed by atoms with Crippen LogP contribution in [-0.2, 0) is 6.54 Å². The summed E-state index contributed by atoms with van der Waals surface area (Å²) in [6, 6.07) is 5.84. The fourth-order valence-corrected chi connectivity index (χ4v) is 6.52. The van der Waals surface area contributed by atoms with Gasteiger partial charge >= 0.3 is 0 Å². The number of carbonyl (C=O) groups is 1. The molecule has 28 heavy (non-hydrogen) atoms. The minimum Gasteiger partial charge on any atom is -0.327 e. The zero-order valence-electron chi connectivity index (χ0n) is 16.1. The van der Waals surface area contributed by atoms with E-state index in [2.05, 4.69) is 20.4 Å². The monoisotopic (exact) mass is 377 g/mol. The molecule has 1 aromatic carbocycles. The maximum atomic E-state index is 12.8. The van der Waals surface area contributed by atoms with Crippen molar-refractivity contribution in [2.75, 3.05) is 13.1 Å². The number of aromatic nitrogens is 2. The van der Waals surface area contributed by atoms with Crippen molar-refractivity contribution >= 4 is 16.8 Å². The highest BCUT2D eigenvalue weighted by atomic mass is 16.1. The van der Waals surface area contributed by atoms with E-state index < -0.39 is 0 Å². The summed E-state index contributed by atoms with van der Waals surface area (Å²) in [5, 5.41) is 11.1. The fourth-order valence-electron chi connectivity index (χ4n) is 6.52. The molecule has 2 aliphatic carbocycles. The van der Waals surface area contributed by atoms with Gasteiger partial charge in [-0.3, -0.25) is 14.8 Å². The average Bonchev–Trinajstić information content (AvgIpc) is 3.20. The molecule has 1 unspecified atom stereocenters. The van der Waals surface area contributed by atoms with Crippen molar-refractivity contribution in [3.05, 3.63) is 41.2 Å². The molecule has 4 fully saturated rings. The molecule has 0 radical (unpaired) electrons. The largest absolute Gasteiger partial charge is 0.327 e. The number of amides is 1. The standard InChI is InChI=1S/C22H27N5O/c23-11-14-4-5-16-17(9-14)25-26-19(16)20(28)24-12-15-10-21(15)13-27-8-7-22(27)6-2-1-3-18(21)22/h4-5,9,12,18H,1-3,6-8,10-11,13,23H2,(H,24,28)(H,25,26)/t18-,21-,22?/m0/s1. The number of nitrogens with two attached hydrogens (primary N) is 1. The van der Waals surface area contributed by atoms with Crippen molar-refractivity contribution < 1.29 is 4.79 Å². The van der Waals surface area contributed by atoms with Crippen LogP contribution in [-0.4, -0.2) is 39.6 Å². The number of fused-ring (bicyclic) bond motifs is 2. The van der Waals surface area contributed by atoms with E-state index in [1.807, 2.05) is 24.4 Å². The van der Waals surface area contributed by atoms with Crippen LogP contribution in [0.25, 0.3) is 10.9 Å². The van der Waals surface area contributed by atoms with Gasteiger partial charge in [-0.15, -0.1) is 0 Å². The molecule has 146 valence electrons. The number of nitrogens with zero attached hydrogens (tertiary/aromatic N) is 2. The lowest BCUT2D eigenvalue weighted by atomic mass is 9.64. The topological polar surface area (TPSA) is 87.0 Å². The predicted molar refractivity (Wildman–Crippen MR) is 107 cm³/mol. The van der Waals surface area contributed by atoms with Gasteiger partial charge in [0.2, 0.25) is 0 Å². The average molecular weight is 377 g/mol. The molecular formula is C22H27N5O. The first kappa shape index (κ1) is 16.7. The Morgan fingerprint density at radius 3 is 3.14 bits per heavy atom. The van der Waals surface area contributed by atoms with Crippen LogP contribution in [0.3, 0.4) is 0 Å². The Kier molecular flexibility index (Phi) is 3.39. The molecule has 3 atom stereocenters. The highest BCUT2D eigenvalue weighted by Gasteiger charge is 2.71. The van der Waals surface area contributed by atoms with Crippen LogP contribution in [0.2, 0.25) is 0 Å². The molecule has 1 amide bonds. The van der Waals surface area contributed by atoms with Gasteiger partial charge < -0.3 is 11.1 Å². The molecule has 2 aliphatic heterocycles. The third-order valence-electron chi connectivity index (χ3n) is 8.06. The molecular weight excluding hydrogens is 350 g/mol. The number of aromatic amines is 1. The summed E-state index contributed by atoms with van der Waals surface area (Å²) < 4.78 is 0. The Hall–Kier alpha value is -2.18. The first-order chi connectivity index (χ1) is 13.7. The molecule has 2 spiro atoms. The summed E-state index contributed by atoms with van der Waals surface area (Å²) >= 11 is 0. The van der Waals surface area contributed by atoms with Gasteiger partial charge in [-0.05, 0) is 48.8 Å². The third kappa shape index (κ3) is 2.10. The Morgan fingerprint density at radius 2 is 2.32 bits per heavy atom. The lowest BCUT2D eigenvalue weighted by Gasteiger charge is -2.54. The Bertz CT molecular complexity index is 1010. The van der Waals surface area contributed by atoms with Gasteiger partial charge in [-0.2, -0.15) is 5.10 Å². The van der Waals surface area contributed by atoms with E-state index in [1.165, 1.54) is 50.8 Å². The minimum absolute atomic E-state index is 0.138. The van der Waals surface area contributed by atoms with Gasteiger partial charge in [0.05, 0.1) is 5.52 Å². The molecule has 2 saturated carbocycles. The summed E-state index contributed by atoms with van der Waals surface area (Å²) in [7, 11) is 0. The summed E-state index contributed by atoms with van der Waals surface area (Å²) in [4.78, 5) is 15.5. The summed E-state index contributed by atoms with van der Waals surface area (Å²) in [5.74, 6) is 0.660. The molecule has 2 saturated heterocycles. The van der Waals surface area contributed by atoms with Gasteiger partial charge in [0.15, 0.2) is 5.69 Å². The summed E-state index contributed by atoms with van der Waals surface area (Å²) in [6.45, 7) is 2.94. The van der Waals surface area contributed by atoms with Crippen LogP contribution in [0.15, 0.2) is 30.0 Å². The molecule has 6 rings (SSSR count). The highest BCUT2D eigenvalue weighted by molar-refractivity contribution is 6.05. The van der Waals surface area contributed by atoms with Gasteiger partial charge in [0.25, 0.3) is 5.91 Å². The lowest BCUT2D eigenvalue weighted by Crippen LogP contribution is -2.59. The number of benzene rings is 1. The summed E-state index contributed by atoms with van der Waals surface area (Å²) in [5.41, 5.74) is 10.3. The van der Waals surface area contributed by atoms with Gasteiger partial charge in [-0.1, -0.05) is 25.0 Å². The predicted octanol–water partition coefficient (Wildman–Crippen LogP) is 2.67. The van der Waals surface area contributed by atoms with E-state index in [0.717, 1.165) is 28.8 Å². The number of hydrogen-bond acceptors (Lipinski definition) is 4. The first-order valence-electron chi connectivity index (χ1n) is 10.6. The Labute approximate surface area is 164 Å². The van der Waals surface area contributed by atoms with Crippen molar-refractivity contribution in [3.63, 3.8) is 0 Å². The lowest BCUT2D eigenvalue weighted by molar-refractivity contribution is -0.0299. The maximum Gasteiger partial charge on any atom is 0.276 e.